The minimum Gasteiger partial charge on any atom is -0.467 e. The molecular weight excluding hydrogens is 234 g/mol. The number of nitrogens with zero attached hydrogens (tertiary/aromatic N) is 2. The van der Waals surface area contributed by atoms with Crippen molar-refractivity contribution in [1.29, 1.82) is 0 Å². The lowest BCUT2D eigenvalue weighted by atomic mass is 10.2. The Kier molecular flexibility index (Phi) is 6.49. The highest BCUT2D eigenvalue weighted by atomic mass is 16.6. The summed E-state index contributed by atoms with van der Waals surface area (Å²) in [5, 5.41) is 0. The average molecular weight is 257 g/mol. The number of guanidine groups is 1. The molecule has 1 rings (SSSR count). The normalized spacial score (nSPS) is 19.2. The van der Waals surface area contributed by atoms with Gasteiger partial charge in [0.1, 0.15) is 0 Å². The Hall–Kier alpha value is -1.30. The van der Waals surface area contributed by atoms with Crippen LogP contribution < -0.4 is 5.73 Å². The molecule has 0 aliphatic carbocycles. The monoisotopic (exact) mass is 257 g/mol. The van der Waals surface area contributed by atoms with E-state index in [1.54, 1.807) is 0 Å². The van der Waals surface area contributed by atoms with Gasteiger partial charge in [0.15, 0.2) is 12.1 Å². The van der Waals surface area contributed by atoms with Crippen LogP contribution in [0.4, 0.5) is 0 Å². The van der Waals surface area contributed by atoms with Gasteiger partial charge in [0.2, 0.25) is 0 Å². The van der Waals surface area contributed by atoms with Gasteiger partial charge in [-0.25, -0.2) is 9.79 Å². The van der Waals surface area contributed by atoms with Crippen molar-refractivity contribution in [2.75, 3.05) is 33.9 Å². The number of esters is 1. The maximum absolute atomic E-state index is 11.3. The van der Waals surface area contributed by atoms with Crippen molar-refractivity contribution in [3.05, 3.63) is 0 Å². The third kappa shape index (κ3) is 4.52. The van der Waals surface area contributed by atoms with Crippen molar-refractivity contribution in [1.82, 2.24) is 4.90 Å². The Bertz CT molecular complexity index is 286. The quantitative estimate of drug-likeness (QED) is 0.447. The van der Waals surface area contributed by atoms with Crippen LogP contribution in [0.25, 0.3) is 0 Å². The molecule has 6 nitrogen and oxygen atoms in total. The number of likely N-dealkylation sites (tertiary alicyclic amines) is 1. The number of nitrogens with two attached hydrogens (primary N) is 1. The highest BCUT2D eigenvalue weighted by Gasteiger charge is 2.18. The van der Waals surface area contributed by atoms with Crippen LogP contribution in [0.5, 0.6) is 0 Å². The van der Waals surface area contributed by atoms with Crippen molar-refractivity contribution in [2.45, 2.75) is 31.8 Å². The first-order valence-electron chi connectivity index (χ1n) is 6.34. The second-order valence-corrected chi connectivity index (χ2v) is 4.35. The van der Waals surface area contributed by atoms with E-state index in [4.69, 9.17) is 10.5 Å². The third-order valence-electron chi connectivity index (χ3n) is 3.10. The molecule has 1 aliphatic rings. The third-order valence-corrected chi connectivity index (χ3v) is 3.10. The van der Waals surface area contributed by atoms with Gasteiger partial charge in [-0.1, -0.05) is 12.8 Å². The molecule has 104 valence electrons. The zero-order chi connectivity index (χ0) is 13.4. The highest BCUT2D eigenvalue weighted by molar-refractivity contribution is 5.79. The fourth-order valence-electron chi connectivity index (χ4n) is 1.95. The van der Waals surface area contributed by atoms with Crippen molar-refractivity contribution < 1.29 is 14.3 Å². The van der Waals surface area contributed by atoms with E-state index in [1.165, 1.54) is 27.1 Å². The summed E-state index contributed by atoms with van der Waals surface area (Å²) in [5.74, 6) is 0.0627. The van der Waals surface area contributed by atoms with Gasteiger partial charge in [-0.15, -0.1) is 0 Å². The van der Waals surface area contributed by atoms with Crippen LogP contribution in [-0.4, -0.2) is 56.8 Å². The fourth-order valence-corrected chi connectivity index (χ4v) is 1.95. The van der Waals surface area contributed by atoms with Gasteiger partial charge in [-0.05, 0) is 12.8 Å². The minimum absolute atomic E-state index is 0.200. The maximum Gasteiger partial charge on any atom is 0.336 e. The first-order chi connectivity index (χ1) is 8.69. The Morgan fingerprint density at radius 2 is 1.89 bits per heavy atom. The lowest BCUT2D eigenvalue weighted by Gasteiger charge is -2.21. The van der Waals surface area contributed by atoms with E-state index in [0.717, 1.165) is 25.9 Å². The summed E-state index contributed by atoms with van der Waals surface area (Å²) in [6.45, 7) is 2.07. The summed E-state index contributed by atoms with van der Waals surface area (Å²) in [6, 6.07) is 0. The van der Waals surface area contributed by atoms with E-state index in [9.17, 15) is 4.79 Å². The lowest BCUT2D eigenvalue weighted by molar-refractivity contribution is -0.151. The molecule has 1 unspecified atom stereocenters. The Morgan fingerprint density at radius 3 is 2.39 bits per heavy atom. The van der Waals surface area contributed by atoms with Crippen LogP contribution in [0.3, 0.4) is 0 Å². The lowest BCUT2D eigenvalue weighted by Crippen LogP contribution is -2.39. The molecule has 0 spiro atoms. The standard InChI is InChI=1S/C12H23N3O3/c1-17-10(11(16)18-2)9-14-12(13)15-7-5-3-4-6-8-15/h10H,3-9H2,1-2H3,(H2,13,14). The first-order valence-corrected chi connectivity index (χ1v) is 6.34. The molecule has 0 radical (unpaired) electrons. The van der Waals surface area contributed by atoms with Crippen molar-refractivity contribution in [3.8, 4) is 0 Å². The number of hydrogen-bond acceptors (Lipinski definition) is 4. The fraction of sp³-hybridized carbons (Fsp3) is 0.833. The second kappa shape index (κ2) is 7.92. The Balaban J connectivity index is 2.50. The van der Waals surface area contributed by atoms with E-state index >= 15 is 0 Å². The van der Waals surface area contributed by atoms with Crippen LogP contribution in [0.2, 0.25) is 0 Å². The molecule has 18 heavy (non-hydrogen) atoms. The zero-order valence-electron chi connectivity index (χ0n) is 11.2. The van der Waals surface area contributed by atoms with Gasteiger partial charge >= 0.3 is 5.97 Å². The van der Waals surface area contributed by atoms with Gasteiger partial charge in [0.05, 0.1) is 13.7 Å². The molecule has 1 saturated heterocycles. The summed E-state index contributed by atoms with van der Waals surface area (Å²) in [7, 11) is 2.79. The van der Waals surface area contributed by atoms with Gasteiger partial charge in [0.25, 0.3) is 0 Å². The molecule has 2 N–H and O–H groups in total. The average Bonchev–Trinajstić information content (AvgIpc) is 2.67. The summed E-state index contributed by atoms with van der Waals surface area (Å²) in [5.41, 5.74) is 5.93. The van der Waals surface area contributed by atoms with Crippen LogP contribution in [0.1, 0.15) is 25.7 Å². The predicted molar refractivity (Wildman–Crippen MR) is 69.3 cm³/mol. The smallest absolute Gasteiger partial charge is 0.336 e. The largest absolute Gasteiger partial charge is 0.467 e. The van der Waals surface area contributed by atoms with Crippen LogP contribution in [-0.2, 0) is 14.3 Å². The Morgan fingerprint density at radius 1 is 1.28 bits per heavy atom. The van der Waals surface area contributed by atoms with E-state index < -0.39 is 12.1 Å². The summed E-state index contributed by atoms with van der Waals surface area (Å²) in [6.07, 6.45) is 4.08. The van der Waals surface area contributed by atoms with E-state index in [0.29, 0.717) is 5.96 Å². The molecular formula is C12H23N3O3. The molecule has 0 aromatic rings. The van der Waals surface area contributed by atoms with Gasteiger partial charge in [-0.3, -0.25) is 0 Å². The summed E-state index contributed by atoms with van der Waals surface area (Å²) < 4.78 is 9.62. The topological polar surface area (TPSA) is 77.1 Å². The number of carbonyl (C=O) groups excluding carboxylic acids is 1. The molecule has 0 aromatic heterocycles. The van der Waals surface area contributed by atoms with Crippen molar-refractivity contribution in [2.24, 2.45) is 10.7 Å². The molecule has 0 saturated carbocycles. The Labute approximate surface area is 108 Å². The van der Waals surface area contributed by atoms with Gasteiger partial charge < -0.3 is 20.1 Å². The summed E-state index contributed by atoms with van der Waals surface area (Å²) >= 11 is 0. The molecule has 0 bridgehead atoms. The highest BCUT2D eigenvalue weighted by Crippen LogP contribution is 2.09. The van der Waals surface area contributed by atoms with Crippen LogP contribution >= 0.6 is 0 Å². The molecule has 1 fully saturated rings. The van der Waals surface area contributed by atoms with E-state index in [-0.39, 0.29) is 6.54 Å². The second-order valence-electron chi connectivity index (χ2n) is 4.35. The number of methoxy groups -OCH3 is 2. The maximum atomic E-state index is 11.3. The van der Waals surface area contributed by atoms with E-state index in [2.05, 4.69) is 14.6 Å². The van der Waals surface area contributed by atoms with Gasteiger partial charge in [0, 0.05) is 20.2 Å². The SMILES string of the molecule is COC(=O)C(CN=C(N)N1CCCCCC1)OC. The van der Waals surface area contributed by atoms with Crippen molar-refractivity contribution in [3.63, 3.8) is 0 Å². The molecule has 0 amide bonds. The number of ether oxygens (including phenoxy) is 2. The van der Waals surface area contributed by atoms with Gasteiger partial charge in [-0.2, -0.15) is 0 Å². The predicted octanol–water partition coefficient (Wildman–Crippen LogP) is 0.365. The molecule has 1 atom stereocenters. The van der Waals surface area contributed by atoms with Crippen molar-refractivity contribution >= 4 is 11.9 Å². The van der Waals surface area contributed by atoms with E-state index in [1.807, 2.05) is 0 Å². The number of rotatable bonds is 4. The number of aliphatic imine (C=N–C) groups is 1. The number of hydrogen-bond donors (Lipinski definition) is 1. The first kappa shape index (κ1) is 14.8. The summed E-state index contributed by atoms with van der Waals surface area (Å²) in [4.78, 5) is 17.6. The molecule has 1 aliphatic heterocycles. The molecule has 6 heteroatoms. The number of carbonyl (C=O) groups is 1. The van der Waals surface area contributed by atoms with Crippen LogP contribution in [0.15, 0.2) is 4.99 Å². The minimum atomic E-state index is -0.680. The molecule has 0 aromatic carbocycles. The van der Waals surface area contributed by atoms with Crippen LogP contribution in [0, 0.1) is 0 Å². The zero-order valence-corrected chi connectivity index (χ0v) is 11.2. The molecule has 1 heterocycles.